The number of halogens is 2. The Labute approximate surface area is 118 Å². The molecule has 0 radical (unpaired) electrons. The smallest absolute Gasteiger partial charge is 0.106 e. The second kappa shape index (κ2) is 5.65. The first-order chi connectivity index (χ1) is 8.15. The van der Waals surface area contributed by atoms with E-state index in [4.69, 9.17) is 0 Å². The zero-order valence-corrected chi connectivity index (χ0v) is 12.5. The Morgan fingerprint density at radius 3 is 2.41 bits per heavy atom. The highest BCUT2D eigenvalue weighted by Gasteiger charge is 2.00. The lowest BCUT2D eigenvalue weighted by Crippen LogP contribution is -2.01. The number of rotatable bonds is 3. The molecule has 0 atom stereocenters. The quantitative estimate of drug-likeness (QED) is 0.818. The highest BCUT2D eigenvalue weighted by Crippen LogP contribution is 2.17. The molecule has 2 aromatic rings. The summed E-state index contributed by atoms with van der Waals surface area (Å²) in [7, 11) is 0. The Kier molecular flexibility index (Phi) is 4.18. The van der Waals surface area contributed by atoms with Crippen molar-refractivity contribution in [1.29, 1.82) is 0 Å². The molecule has 0 saturated heterocycles. The fraction of sp³-hybridized carbons (Fsp3) is 0.154. The standard InChI is InChI=1S/C13H12Br2N2/c1-9-12(6-7-13(15)17-9)16-8-10-2-4-11(14)5-3-10/h2-7,16H,8H2,1H3. The van der Waals surface area contributed by atoms with Gasteiger partial charge >= 0.3 is 0 Å². The van der Waals surface area contributed by atoms with E-state index >= 15 is 0 Å². The van der Waals surface area contributed by atoms with Crippen LogP contribution >= 0.6 is 31.9 Å². The van der Waals surface area contributed by atoms with Crippen LogP contribution in [0.1, 0.15) is 11.3 Å². The number of nitrogens with zero attached hydrogens (tertiary/aromatic N) is 1. The van der Waals surface area contributed by atoms with E-state index in [0.29, 0.717) is 0 Å². The van der Waals surface area contributed by atoms with Gasteiger partial charge in [0, 0.05) is 11.0 Å². The minimum atomic E-state index is 0.803. The van der Waals surface area contributed by atoms with E-state index in [1.165, 1.54) is 5.56 Å². The van der Waals surface area contributed by atoms with Crippen molar-refractivity contribution in [3.05, 3.63) is 56.7 Å². The maximum absolute atomic E-state index is 4.35. The van der Waals surface area contributed by atoms with Crippen LogP contribution in [-0.4, -0.2) is 4.98 Å². The molecule has 0 saturated carbocycles. The van der Waals surface area contributed by atoms with Gasteiger partial charge in [0.15, 0.2) is 0 Å². The van der Waals surface area contributed by atoms with Crippen LogP contribution in [0.3, 0.4) is 0 Å². The third kappa shape index (κ3) is 3.54. The van der Waals surface area contributed by atoms with Crippen LogP contribution < -0.4 is 5.32 Å². The molecule has 0 spiro atoms. The number of nitrogens with one attached hydrogen (secondary N) is 1. The molecule has 0 aliphatic heterocycles. The summed E-state index contributed by atoms with van der Waals surface area (Å²) in [6.07, 6.45) is 0. The molecular formula is C13H12Br2N2. The summed E-state index contributed by atoms with van der Waals surface area (Å²) in [5, 5.41) is 3.38. The van der Waals surface area contributed by atoms with Gasteiger partial charge in [0.2, 0.25) is 0 Å². The molecule has 2 nitrogen and oxygen atoms in total. The number of aromatic nitrogens is 1. The molecule has 88 valence electrons. The topological polar surface area (TPSA) is 24.9 Å². The van der Waals surface area contributed by atoms with Gasteiger partial charge in [-0.15, -0.1) is 0 Å². The molecule has 1 aromatic heterocycles. The lowest BCUT2D eigenvalue weighted by Gasteiger charge is -2.09. The molecule has 0 amide bonds. The Morgan fingerprint density at radius 2 is 1.76 bits per heavy atom. The minimum absolute atomic E-state index is 0.803. The largest absolute Gasteiger partial charge is 0.380 e. The zero-order chi connectivity index (χ0) is 12.3. The Bertz CT molecular complexity index is 509. The average Bonchev–Trinajstić information content (AvgIpc) is 2.30. The molecule has 0 unspecified atom stereocenters. The second-order valence-corrected chi connectivity index (χ2v) is 5.48. The summed E-state index contributed by atoms with van der Waals surface area (Å²) in [5.74, 6) is 0. The van der Waals surface area contributed by atoms with E-state index in [-0.39, 0.29) is 0 Å². The molecule has 0 fully saturated rings. The number of benzene rings is 1. The summed E-state index contributed by atoms with van der Waals surface area (Å²) in [5.41, 5.74) is 3.31. The number of aryl methyl sites for hydroxylation is 1. The summed E-state index contributed by atoms with van der Waals surface area (Å²) < 4.78 is 1.96. The van der Waals surface area contributed by atoms with Gasteiger partial charge in [-0.3, -0.25) is 0 Å². The molecule has 1 N–H and O–H groups in total. The third-order valence-electron chi connectivity index (χ3n) is 2.45. The third-order valence-corrected chi connectivity index (χ3v) is 3.42. The summed E-state index contributed by atoms with van der Waals surface area (Å²) in [4.78, 5) is 4.35. The SMILES string of the molecule is Cc1nc(Br)ccc1NCc1ccc(Br)cc1. The van der Waals surface area contributed by atoms with Crippen LogP contribution in [0.5, 0.6) is 0 Å². The number of anilines is 1. The van der Waals surface area contributed by atoms with Crippen molar-refractivity contribution in [1.82, 2.24) is 4.98 Å². The number of hydrogen-bond donors (Lipinski definition) is 1. The van der Waals surface area contributed by atoms with E-state index in [1.807, 2.05) is 31.2 Å². The number of hydrogen-bond acceptors (Lipinski definition) is 2. The summed E-state index contributed by atoms with van der Waals surface area (Å²) in [6, 6.07) is 12.3. The zero-order valence-electron chi connectivity index (χ0n) is 9.37. The minimum Gasteiger partial charge on any atom is -0.380 e. The average molecular weight is 356 g/mol. The van der Waals surface area contributed by atoms with Gasteiger partial charge in [0.25, 0.3) is 0 Å². The lowest BCUT2D eigenvalue weighted by molar-refractivity contribution is 1.10. The van der Waals surface area contributed by atoms with Crippen molar-refractivity contribution in [2.45, 2.75) is 13.5 Å². The van der Waals surface area contributed by atoms with Crippen molar-refractivity contribution in [3.63, 3.8) is 0 Å². The molecule has 1 heterocycles. The van der Waals surface area contributed by atoms with Crippen LogP contribution in [0.15, 0.2) is 45.5 Å². The van der Waals surface area contributed by atoms with Crippen LogP contribution in [-0.2, 0) is 6.54 Å². The van der Waals surface area contributed by atoms with Gasteiger partial charge in [-0.05, 0) is 52.7 Å². The molecule has 4 heteroatoms. The Morgan fingerprint density at radius 1 is 1.06 bits per heavy atom. The monoisotopic (exact) mass is 354 g/mol. The second-order valence-electron chi connectivity index (χ2n) is 3.75. The molecule has 1 aromatic carbocycles. The maximum atomic E-state index is 4.35. The normalized spacial score (nSPS) is 10.3. The van der Waals surface area contributed by atoms with E-state index in [2.05, 4.69) is 54.3 Å². The predicted molar refractivity (Wildman–Crippen MR) is 78.1 cm³/mol. The van der Waals surface area contributed by atoms with Gasteiger partial charge < -0.3 is 5.32 Å². The van der Waals surface area contributed by atoms with Crippen molar-refractivity contribution in [3.8, 4) is 0 Å². The van der Waals surface area contributed by atoms with Crippen molar-refractivity contribution in [2.75, 3.05) is 5.32 Å². The lowest BCUT2D eigenvalue weighted by atomic mass is 10.2. The highest BCUT2D eigenvalue weighted by atomic mass is 79.9. The van der Waals surface area contributed by atoms with E-state index in [1.54, 1.807) is 0 Å². The maximum Gasteiger partial charge on any atom is 0.106 e. The predicted octanol–water partition coefficient (Wildman–Crippen LogP) is 4.53. The van der Waals surface area contributed by atoms with Crippen LogP contribution in [0.2, 0.25) is 0 Å². The fourth-order valence-corrected chi connectivity index (χ4v) is 2.18. The van der Waals surface area contributed by atoms with Gasteiger partial charge in [-0.25, -0.2) is 4.98 Å². The molecule has 2 rings (SSSR count). The van der Waals surface area contributed by atoms with Crippen molar-refractivity contribution >= 4 is 37.5 Å². The van der Waals surface area contributed by atoms with Gasteiger partial charge in [-0.2, -0.15) is 0 Å². The first kappa shape index (κ1) is 12.6. The van der Waals surface area contributed by atoms with Gasteiger partial charge in [0.05, 0.1) is 11.4 Å². The summed E-state index contributed by atoms with van der Waals surface area (Å²) >= 11 is 6.78. The van der Waals surface area contributed by atoms with E-state index in [0.717, 1.165) is 27.0 Å². The van der Waals surface area contributed by atoms with Crippen LogP contribution in [0.25, 0.3) is 0 Å². The fourth-order valence-electron chi connectivity index (χ4n) is 1.52. The molecule has 17 heavy (non-hydrogen) atoms. The Balaban J connectivity index is 2.04. The van der Waals surface area contributed by atoms with E-state index < -0.39 is 0 Å². The van der Waals surface area contributed by atoms with Crippen LogP contribution in [0.4, 0.5) is 5.69 Å². The molecule has 0 bridgehead atoms. The molecular weight excluding hydrogens is 344 g/mol. The first-order valence-corrected chi connectivity index (χ1v) is 6.85. The highest BCUT2D eigenvalue weighted by molar-refractivity contribution is 9.10. The summed E-state index contributed by atoms with van der Waals surface area (Å²) in [6.45, 7) is 2.80. The molecule has 0 aliphatic rings. The number of pyridine rings is 1. The van der Waals surface area contributed by atoms with Crippen molar-refractivity contribution in [2.24, 2.45) is 0 Å². The van der Waals surface area contributed by atoms with Gasteiger partial charge in [0.1, 0.15) is 4.60 Å². The van der Waals surface area contributed by atoms with E-state index in [9.17, 15) is 0 Å². The molecule has 0 aliphatic carbocycles. The first-order valence-electron chi connectivity index (χ1n) is 5.26. The Hall–Kier alpha value is -0.870. The van der Waals surface area contributed by atoms with Crippen LogP contribution in [0, 0.1) is 6.92 Å². The van der Waals surface area contributed by atoms with Gasteiger partial charge in [-0.1, -0.05) is 28.1 Å². The van der Waals surface area contributed by atoms with Crippen molar-refractivity contribution < 1.29 is 0 Å².